The molecule has 1 unspecified atom stereocenters. The third-order valence-electron chi connectivity index (χ3n) is 4.68. The van der Waals surface area contributed by atoms with Gasteiger partial charge < -0.3 is 9.77 Å². The molecule has 0 saturated heterocycles. The second-order valence-corrected chi connectivity index (χ2v) is 6.22. The molecule has 0 amide bonds. The van der Waals surface area contributed by atoms with E-state index in [2.05, 4.69) is 10.1 Å². The zero-order chi connectivity index (χ0) is 16.1. The lowest BCUT2D eigenvalue weighted by atomic mass is 9.82. The molecule has 1 aromatic carbocycles. The van der Waals surface area contributed by atoms with Crippen LogP contribution in [-0.4, -0.2) is 20.5 Å². The van der Waals surface area contributed by atoms with Crippen molar-refractivity contribution in [1.82, 2.24) is 9.55 Å². The minimum atomic E-state index is -0.243. The second kappa shape index (κ2) is 7.40. The van der Waals surface area contributed by atoms with Crippen molar-refractivity contribution >= 4 is 5.71 Å². The summed E-state index contributed by atoms with van der Waals surface area (Å²) in [4.78, 5) is 4.12. The molecular weight excluding hydrogens is 293 g/mol. The maximum Gasteiger partial charge on any atom is 0.123 e. The molecule has 1 heterocycles. The van der Waals surface area contributed by atoms with Gasteiger partial charge >= 0.3 is 0 Å². The number of imidazole rings is 1. The van der Waals surface area contributed by atoms with E-state index in [0.717, 1.165) is 24.1 Å². The van der Waals surface area contributed by atoms with Gasteiger partial charge in [0.15, 0.2) is 0 Å². The van der Waals surface area contributed by atoms with Crippen LogP contribution in [0.5, 0.6) is 0 Å². The van der Waals surface area contributed by atoms with E-state index in [1.54, 1.807) is 24.7 Å². The van der Waals surface area contributed by atoms with Gasteiger partial charge in [-0.15, -0.1) is 0 Å². The Hall–Kier alpha value is -2.17. The van der Waals surface area contributed by atoms with Gasteiger partial charge in [-0.1, -0.05) is 36.6 Å². The Morgan fingerprint density at radius 3 is 2.83 bits per heavy atom. The molecule has 1 aliphatic carbocycles. The average Bonchev–Trinajstić information content (AvgIpc) is 3.10. The maximum atomic E-state index is 13.5. The number of hydrogen-bond donors (Lipinski definition) is 1. The van der Waals surface area contributed by atoms with Gasteiger partial charge in [0.25, 0.3) is 0 Å². The highest BCUT2D eigenvalue weighted by atomic mass is 19.1. The molecule has 1 atom stereocenters. The van der Waals surface area contributed by atoms with E-state index in [4.69, 9.17) is 0 Å². The summed E-state index contributed by atoms with van der Waals surface area (Å²) in [5.74, 6) is 0.0433. The maximum absolute atomic E-state index is 13.5. The molecule has 1 aliphatic rings. The lowest BCUT2D eigenvalue weighted by Gasteiger charge is -2.28. The Bertz CT molecular complexity index is 648. The first-order chi connectivity index (χ1) is 11.3. The van der Waals surface area contributed by atoms with E-state index in [0.29, 0.717) is 6.42 Å². The lowest BCUT2D eigenvalue weighted by Crippen LogP contribution is -2.29. The van der Waals surface area contributed by atoms with Gasteiger partial charge in [0.05, 0.1) is 18.1 Å². The van der Waals surface area contributed by atoms with Crippen LogP contribution in [0.1, 0.15) is 43.7 Å². The van der Waals surface area contributed by atoms with Crippen molar-refractivity contribution < 1.29 is 9.60 Å². The first kappa shape index (κ1) is 15.7. The molecule has 3 rings (SSSR count). The summed E-state index contributed by atoms with van der Waals surface area (Å²) < 4.78 is 15.5. The van der Waals surface area contributed by atoms with Crippen LogP contribution in [0, 0.1) is 11.7 Å². The van der Waals surface area contributed by atoms with E-state index in [-0.39, 0.29) is 17.8 Å². The molecule has 1 fully saturated rings. The number of hydrogen-bond acceptors (Lipinski definition) is 3. The van der Waals surface area contributed by atoms with E-state index in [9.17, 15) is 9.60 Å². The predicted octanol–water partition coefficient (Wildman–Crippen LogP) is 4.22. The predicted molar refractivity (Wildman–Crippen MR) is 87.2 cm³/mol. The Kier molecular flexibility index (Phi) is 5.05. The Morgan fingerprint density at radius 2 is 2.17 bits per heavy atom. The minimum absolute atomic E-state index is 0.132. The molecule has 4 nitrogen and oxygen atoms in total. The Morgan fingerprint density at radius 1 is 1.35 bits per heavy atom. The average molecular weight is 315 g/mol. The van der Waals surface area contributed by atoms with E-state index < -0.39 is 0 Å². The van der Waals surface area contributed by atoms with Crippen molar-refractivity contribution in [3.63, 3.8) is 0 Å². The van der Waals surface area contributed by atoms with Crippen LogP contribution in [0.15, 0.2) is 48.1 Å². The molecular formula is C18H22FN3O. The summed E-state index contributed by atoms with van der Waals surface area (Å²) >= 11 is 0. The third-order valence-corrected chi connectivity index (χ3v) is 4.68. The Labute approximate surface area is 135 Å². The molecule has 122 valence electrons. The van der Waals surface area contributed by atoms with Crippen molar-refractivity contribution in [2.24, 2.45) is 11.1 Å². The number of oxime groups is 1. The van der Waals surface area contributed by atoms with Crippen LogP contribution in [-0.2, 0) is 6.42 Å². The van der Waals surface area contributed by atoms with E-state index in [1.807, 2.05) is 16.8 Å². The summed E-state index contributed by atoms with van der Waals surface area (Å²) in [6.07, 6.45) is 11.6. The summed E-state index contributed by atoms with van der Waals surface area (Å²) in [7, 11) is 0. The molecule has 0 radical (unpaired) electrons. The third kappa shape index (κ3) is 3.78. The fourth-order valence-electron chi connectivity index (χ4n) is 3.52. The standard InChI is InChI=1S/C18H22FN3O/c19-16-8-4-5-14(11-16)12-17(22-10-9-20-13-22)18(21-23)15-6-2-1-3-7-15/h4-5,8-11,13,15,17,23H,1-3,6-7,12H2/b21-18+. The van der Waals surface area contributed by atoms with Crippen molar-refractivity contribution in [3.05, 3.63) is 54.4 Å². The zero-order valence-electron chi connectivity index (χ0n) is 13.1. The summed E-state index contributed by atoms with van der Waals surface area (Å²) in [6.45, 7) is 0. The van der Waals surface area contributed by atoms with Gasteiger partial charge in [0, 0.05) is 18.3 Å². The van der Waals surface area contributed by atoms with E-state index >= 15 is 0 Å². The molecule has 1 aromatic heterocycles. The van der Waals surface area contributed by atoms with E-state index in [1.165, 1.54) is 25.3 Å². The number of halogens is 1. The van der Waals surface area contributed by atoms with Crippen molar-refractivity contribution in [2.75, 3.05) is 0 Å². The highest BCUT2D eigenvalue weighted by Gasteiger charge is 2.28. The van der Waals surface area contributed by atoms with Gasteiger partial charge in [-0.3, -0.25) is 0 Å². The normalized spacial score (nSPS) is 18.0. The lowest BCUT2D eigenvalue weighted by molar-refractivity contribution is 0.302. The van der Waals surface area contributed by atoms with Gasteiger partial charge in [-0.05, 0) is 37.0 Å². The fourth-order valence-corrected chi connectivity index (χ4v) is 3.52. The quantitative estimate of drug-likeness (QED) is 0.510. The highest BCUT2D eigenvalue weighted by Crippen LogP contribution is 2.30. The molecule has 0 bridgehead atoms. The Balaban J connectivity index is 1.88. The fraction of sp³-hybridized carbons (Fsp3) is 0.444. The summed E-state index contributed by atoms with van der Waals surface area (Å²) in [5.41, 5.74) is 1.67. The van der Waals surface area contributed by atoms with Gasteiger partial charge in [0.2, 0.25) is 0 Å². The number of benzene rings is 1. The zero-order valence-corrected chi connectivity index (χ0v) is 13.1. The SMILES string of the molecule is O/N=C(\C1CCCCC1)C(Cc1cccc(F)c1)n1ccnc1. The summed E-state index contributed by atoms with van der Waals surface area (Å²) in [6, 6.07) is 6.47. The highest BCUT2D eigenvalue weighted by molar-refractivity contribution is 5.90. The van der Waals surface area contributed by atoms with Gasteiger partial charge in [-0.25, -0.2) is 9.37 Å². The molecule has 2 aromatic rings. The summed E-state index contributed by atoms with van der Waals surface area (Å²) in [5, 5.41) is 13.3. The molecule has 5 heteroatoms. The van der Waals surface area contributed by atoms with Crippen LogP contribution in [0.3, 0.4) is 0 Å². The second-order valence-electron chi connectivity index (χ2n) is 6.22. The molecule has 1 N–H and O–H groups in total. The monoisotopic (exact) mass is 315 g/mol. The van der Waals surface area contributed by atoms with Crippen LogP contribution in [0.25, 0.3) is 0 Å². The number of aromatic nitrogens is 2. The van der Waals surface area contributed by atoms with Crippen molar-refractivity contribution in [1.29, 1.82) is 0 Å². The topological polar surface area (TPSA) is 50.4 Å². The molecule has 23 heavy (non-hydrogen) atoms. The molecule has 0 spiro atoms. The van der Waals surface area contributed by atoms with Crippen LogP contribution in [0.4, 0.5) is 4.39 Å². The van der Waals surface area contributed by atoms with Crippen LogP contribution < -0.4 is 0 Å². The van der Waals surface area contributed by atoms with Crippen molar-refractivity contribution in [3.8, 4) is 0 Å². The first-order valence-electron chi connectivity index (χ1n) is 8.21. The largest absolute Gasteiger partial charge is 0.411 e. The van der Waals surface area contributed by atoms with Crippen molar-refractivity contribution in [2.45, 2.75) is 44.6 Å². The smallest absolute Gasteiger partial charge is 0.123 e. The van der Waals surface area contributed by atoms with Crippen LogP contribution >= 0.6 is 0 Å². The van der Waals surface area contributed by atoms with Crippen LogP contribution in [0.2, 0.25) is 0 Å². The van der Waals surface area contributed by atoms with Gasteiger partial charge in [-0.2, -0.15) is 0 Å². The minimum Gasteiger partial charge on any atom is -0.411 e. The van der Waals surface area contributed by atoms with Gasteiger partial charge in [0.1, 0.15) is 5.82 Å². The number of nitrogens with zero attached hydrogens (tertiary/aromatic N) is 3. The first-order valence-corrected chi connectivity index (χ1v) is 8.21. The molecule has 1 saturated carbocycles. The molecule has 0 aliphatic heterocycles. The number of rotatable bonds is 5.